The Labute approximate surface area is 169 Å². The fourth-order valence-corrected chi connectivity index (χ4v) is 4.46. The lowest BCUT2D eigenvalue weighted by atomic mass is 9.82. The molecule has 2 aromatic rings. The lowest BCUT2D eigenvalue weighted by Crippen LogP contribution is -2.16. The molecular formula is C25H34O3. The number of aryl methyl sites for hydroxylation is 2. The van der Waals surface area contributed by atoms with E-state index in [-0.39, 0.29) is 5.78 Å². The van der Waals surface area contributed by atoms with Crippen molar-refractivity contribution < 1.29 is 15.0 Å². The van der Waals surface area contributed by atoms with E-state index in [1.807, 2.05) is 41.5 Å². The second kappa shape index (κ2) is 9.27. The number of phenols is 2. The Morgan fingerprint density at radius 3 is 1.18 bits per heavy atom. The molecule has 2 rings (SSSR count). The molecule has 0 saturated heterocycles. The van der Waals surface area contributed by atoms with Gasteiger partial charge in [-0.1, -0.05) is 41.5 Å². The van der Waals surface area contributed by atoms with Gasteiger partial charge in [0.15, 0.2) is 5.78 Å². The number of hydrogen-bond acceptors (Lipinski definition) is 3. The van der Waals surface area contributed by atoms with Crippen molar-refractivity contribution in [2.45, 2.75) is 80.1 Å². The molecule has 3 nitrogen and oxygen atoms in total. The lowest BCUT2D eigenvalue weighted by molar-refractivity contribution is 0.103. The molecule has 28 heavy (non-hydrogen) atoms. The van der Waals surface area contributed by atoms with E-state index in [2.05, 4.69) is 0 Å². The lowest BCUT2D eigenvalue weighted by Gasteiger charge is -2.22. The third kappa shape index (κ3) is 3.67. The minimum absolute atomic E-state index is 0.0341. The van der Waals surface area contributed by atoms with Gasteiger partial charge in [0.2, 0.25) is 0 Å². The molecule has 0 saturated carbocycles. The molecule has 0 heterocycles. The summed E-state index contributed by atoms with van der Waals surface area (Å²) in [7, 11) is 0. The van der Waals surface area contributed by atoms with Gasteiger partial charge in [-0.15, -0.1) is 0 Å². The molecule has 0 aliphatic carbocycles. The summed E-state index contributed by atoms with van der Waals surface area (Å²) in [6.07, 6.45) is 4.16. The van der Waals surface area contributed by atoms with E-state index in [4.69, 9.17) is 0 Å². The predicted molar refractivity (Wildman–Crippen MR) is 116 cm³/mol. The van der Waals surface area contributed by atoms with Gasteiger partial charge in [-0.25, -0.2) is 0 Å². The van der Waals surface area contributed by atoms with Gasteiger partial charge in [-0.05, 0) is 84.0 Å². The second-order valence-corrected chi connectivity index (χ2v) is 7.22. The highest BCUT2D eigenvalue weighted by molar-refractivity contribution is 6.13. The number of benzene rings is 2. The Bertz CT molecular complexity index is 807. The predicted octanol–water partition coefficient (Wildman–Crippen LogP) is 5.70. The monoisotopic (exact) mass is 382 g/mol. The smallest absolute Gasteiger partial charge is 0.194 e. The van der Waals surface area contributed by atoms with Crippen LogP contribution in [0.5, 0.6) is 11.5 Å². The van der Waals surface area contributed by atoms with Gasteiger partial charge in [0.25, 0.3) is 0 Å². The maximum absolute atomic E-state index is 14.0. The highest BCUT2D eigenvalue weighted by Crippen LogP contribution is 2.36. The zero-order valence-corrected chi connectivity index (χ0v) is 18.2. The van der Waals surface area contributed by atoms with Crippen LogP contribution in [0, 0.1) is 0 Å². The Morgan fingerprint density at radius 1 is 0.607 bits per heavy atom. The van der Waals surface area contributed by atoms with Crippen LogP contribution in [0.4, 0.5) is 0 Å². The van der Waals surface area contributed by atoms with Gasteiger partial charge in [-0.2, -0.15) is 0 Å². The summed E-state index contributed by atoms with van der Waals surface area (Å²) >= 11 is 0. The van der Waals surface area contributed by atoms with Crippen LogP contribution >= 0.6 is 0 Å². The fraction of sp³-hybridized carbons (Fsp3) is 0.480. The number of hydrogen-bond donors (Lipinski definition) is 2. The van der Waals surface area contributed by atoms with Gasteiger partial charge in [0.1, 0.15) is 11.5 Å². The van der Waals surface area contributed by atoms with Crippen molar-refractivity contribution in [3.8, 4) is 11.5 Å². The van der Waals surface area contributed by atoms with Crippen molar-refractivity contribution in [1.29, 1.82) is 0 Å². The molecule has 0 radical (unpaired) electrons. The molecule has 152 valence electrons. The SMILES string of the molecule is CCc1cc(O)c(CC)c(CC)c1C(=O)c1c(CC)cc(O)c(CC)c1CC. The van der Waals surface area contributed by atoms with Crippen molar-refractivity contribution in [2.75, 3.05) is 0 Å². The van der Waals surface area contributed by atoms with Crippen LogP contribution in [0.25, 0.3) is 0 Å². The molecule has 0 aliphatic rings. The Hall–Kier alpha value is -2.29. The summed E-state index contributed by atoms with van der Waals surface area (Å²) in [6, 6.07) is 3.53. The minimum Gasteiger partial charge on any atom is -0.508 e. The Balaban J connectivity index is 2.91. The van der Waals surface area contributed by atoms with Gasteiger partial charge in [0, 0.05) is 11.1 Å². The average Bonchev–Trinajstić information content (AvgIpc) is 2.70. The number of phenolic OH excluding ortho intramolecular Hbond substituents is 2. The minimum atomic E-state index is 0.0341. The number of ketones is 1. The maximum Gasteiger partial charge on any atom is 0.194 e. The van der Waals surface area contributed by atoms with Crippen molar-refractivity contribution in [2.24, 2.45) is 0 Å². The van der Waals surface area contributed by atoms with Crippen LogP contribution in [0.15, 0.2) is 12.1 Å². The number of rotatable bonds is 8. The first-order valence-electron chi connectivity index (χ1n) is 10.7. The molecule has 2 aromatic carbocycles. The summed E-state index contributed by atoms with van der Waals surface area (Å²) in [5.74, 6) is 0.616. The van der Waals surface area contributed by atoms with E-state index in [0.717, 1.165) is 44.5 Å². The zero-order valence-electron chi connectivity index (χ0n) is 18.2. The van der Waals surface area contributed by atoms with Crippen molar-refractivity contribution >= 4 is 5.78 Å². The molecule has 2 N–H and O–H groups in total. The molecule has 0 atom stereocenters. The van der Waals surface area contributed by atoms with Crippen molar-refractivity contribution in [3.63, 3.8) is 0 Å². The molecule has 0 aromatic heterocycles. The van der Waals surface area contributed by atoms with Crippen molar-refractivity contribution in [3.05, 3.63) is 56.6 Å². The summed E-state index contributed by atoms with van der Waals surface area (Å²) in [5, 5.41) is 21.0. The highest BCUT2D eigenvalue weighted by Gasteiger charge is 2.26. The molecule has 0 aliphatic heterocycles. The molecule has 0 unspecified atom stereocenters. The van der Waals surface area contributed by atoms with E-state index < -0.39 is 0 Å². The molecule has 3 heteroatoms. The van der Waals surface area contributed by atoms with E-state index >= 15 is 0 Å². The number of aromatic hydroxyl groups is 2. The standard InChI is InChI=1S/C25H34O3/c1-7-15-13-21(26)17(9-3)19(11-5)23(15)25(28)24-16(8-2)14-22(27)18(10-4)20(24)12-6/h13-14,26-27H,7-12H2,1-6H3. The van der Waals surface area contributed by atoms with Crippen LogP contribution in [-0.2, 0) is 38.5 Å². The molecule has 0 amide bonds. The maximum atomic E-state index is 14.0. The topological polar surface area (TPSA) is 57.5 Å². The Morgan fingerprint density at radius 2 is 0.929 bits per heavy atom. The molecular weight excluding hydrogens is 348 g/mol. The van der Waals surface area contributed by atoms with Gasteiger partial charge >= 0.3 is 0 Å². The summed E-state index contributed by atoms with van der Waals surface area (Å²) in [5.41, 5.74) is 6.94. The van der Waals surface area contributed by atoms with E-state index in [1.54, 1.807) is 12.1 Å². The third-order valence-corrected chi connectivity index (χ3v) is 5.84. The summed E-state index contributed by atoms with van der Waals surface area (Å²) in [6.45, 7) is 12.1. The van der Waals surface area contributed by atoms with Crippen LogP contribution in [0.1, 0.15) is 90.8 Å². The molecule has 0 spiro atoms. The van der Waals surface area contributed by atoms with Crippen LogP contribution < -0.4 is 0 Å². The highest BCUT2D eigenvalue weighted by atomic mass is 16.3. The summed E-state index contributed by atoms with van der Waals surface area (Å²) < 4.78 is 0. The van der Waals surface area contributed by atoms with E-state index in [9.17, 15) is 15.0 Å². The second-order valence-electron chi connectivity index (χ2n) is 7.22. The average molecular weight is 383 g/mol. The summed E-state index contributed by atoms with van der Waals surface area (Å²) in [4.78, 5) is 14.0. The van der Waals surface area contributed by atoms with Gasteiger partial charge < -0.3 is 10.2 Å². The van der Waals surface area contributed by atoms with Gasteiger partial charge in [0.05, 0.1) is 0 Å². The number of carbonyl (C=O) groups is 1. The quantitative estimate of drug-likeness (QED) is 0.576. The van der Waals surface area contributed by atoms with Crippen LogP contribution in [0.2, 0.25) is 0 Å². The fourth-order valence-electron chi connectivity index (χ4n) is 4.46. The first-order valence-corrected chi connectivity index (χ1v) is 10.7. The largest absolute Gasteiger partial charge is 0.508 e. The van der Waals surface area contributed by atoms with E-state index in [0.29, 0.717) is 50.0 Å². The molecule has 0 bridgehead atoms. The molecule has 0 fully saturated rings. The normalized spacial score (nSPS) is 11.1. The van der Waals surface area contributed by atoms with Gasteiger partial charge in [-0.3, -0.25) is 4.79 Å². The van der Waals surface area contributed by atoms with Crippen molar-refractivity contribution in [1.82, 2.24) is 0 Å². The Kier molecular flexibility index (Phi) is 7.29. The van der Waals surface area contributed by atoms with Crippen LogP contribution in [-0.4, -0.2) is 16.0 Å². The zero-order chi connectivity index (χ0) is 21.0. The van der Waals surface area contributed by atoms with E-state index in [1.165, 1.54) is 0 Å². The third-order valence-electron chi connectivity index (χ3n) is 5.84. The van der Waals surface area contributed by atoms with Crippen LogP contribution in [0.3, 0.4) is 0 Å². The first-order chi connectivity index (χ1) is 13.4. The number of carbonyl (C=O) groups excluding carboxylic acids is 1. The first kappa shape index (κ1) is 22.0.